The topological polar surface area (TPSA) is 88.8 Å². The van der Waals surface area contributed by atoms with Crippen molar-refractivity contribution < 1.29 is 15.0 Å². The number of nitro benzene ring substituents is 1. The number of nitrogens with zero attached hydrogens (tertiary/aromatic N) is 1. The third-order valence-electron chi connectivity index (χ3n) is 4.51. The van der Waals surface area contributed by atoms with Crippen LogP contribution in [0.3, 0.4) is 0 Å². The highest BCUT2D eigenvalue weighted by atomic mass is 16.6. The first kappa shape index (κ1) is 19.3. The summed E-state index contributed by atoms with van der Waals surface area (Å²) in [6.07, 6.45) is 0. The highest BCUT2D eigenvalue weighted by Gasteiger charge is 2.20. The fraction of sp³-hybridized carbons (Fsp3) is 0.136. The molecule has 1 amide bonds. The number of anilines is 1. The summed E-state index contributed by atoms with van der Waals surface area (Å²) < 4.78 is 0. The molecule has 28 heavy (non-hydrogen) atoms. The Kier molecular flexibility index (Phi) is 6.14. The zero-order valence-electron chi connectivity index (χ0n) is 15.5. The van der Waals surface area contributed by atoms with E-state index in [0.29, 0.717) is 0 Å². The fourth-order valence-electron chi connectivity index (χ4n) is 3.06. The summed E-state index contributed by atoms with van der Waals surface area (Å²) in [4.78, 5) is 23.1. The van der Waals surface area contributed by atoms with Crippen molar-refractivity contribution in [2.75, 3.05) is 11.9 Å². The maximum atomic E-state index is 12.4. The zero-order chi connectivity index (χ0) is 19.9. The number of nitrogens with one attached hydrogen (secondary N) is 1. The average molecular weight is 376 g/mol. The molecule has 6 heteroatoms. The molecule has 0 heterocycles. The van der Waals surface area contributed by atoms with E-state index in [2.05, 4.69) is 17.4 Å². The summed E-state index contributed by atoms with van der Waals surface area (Å²) in [5, 5.41) is 15.7. The van der Waals surface area contributed by atoms with Crippen molar-refractivity contribution in [3.63, 3.8) is 0 Å². The molecule has 3 N–H and O–H groups in total. The third kappa shape index (κ3) is 4.81. The van der Waals surface area contributed by atoms with Gasteiger partial charge in [0.05, 0.1) is 4.92 Å². The molecule has 1 atom stereocenters. The van der Waals surface area contributed by atoms with Crippen LogP contribution in [0, 0.1) is 17.0 Å². The Hall–Kier alpha value is -3.51. The van der Waals surface area contributed by atoms with Gasteiger partial charge >= 0.3 is 0 Å². The molecular formula is C22H22N3O3+. The van der Waals surface area contributed by atoms with Crippen molar-refractivity contribution in [1.82, 2.24) is 0 Å². The van der Waals surface area contributed by atoms with Gasteiger partial charge in [-0.1, -0.05) is 72.3 Å². The minimum atomic E-state index is -0.502. The molecule has 0 spiro atoms. The van der Waals surface area contributed by atoms with Crippen LogP contribution in [0.5, 0.6) is 0 Å². The van der Waals surface area contributed by atoms with E-state index in [-0.39, 0.29) is 29.9 Å². The van der Waals surface area contributed by atoms with Crippen LogP contribution in [-0.4, -0.2) is 17.4 Å². The molecule has 0 aliphatic heterocycles. The van der Waals surface area contributed by atoms with Crippen molar-refractivity contribution in [3.05, 3.63) is 106 Å². The van der Waals surface area contributed by atoms with E-state index >= 15 is 0 Å². The average Bonchev–Trinajstić information content (AvgIpc) is 2.70. The van der Waals surface area contributed by atoms with Crippen molar-refractivity contribution in [2.45, 2.75) is 13.0 Å². The van der Waals surface area contributed by atoms with Crippen molar-refractivity contribution >= 4 is 17.3 Å². The lowest BCUT2D eigenvalue weighted by Crippen LogP contribution is -2.87. The van der Waals surface area contributed by atoms with Gasteiger partial charge in [-0.2, -0.15) is 0 Å². The van der Waals surface area contributed by atoms with Crippen LogP contribution in [0.4, 0.5) is 11.4 Å². The summed E-state index contributed by atoms with van der Waals surface area (Å²) in [6.45, 7) is 2.17. The maximum Gasteiger partial charge on any atom is 0.292 e. The van der Waals surface area contributed by atoms with E-state index in [1.807, 2.05) is 54.7 Å². The number of hydrogen-bond acceptors (Lipinski definition) is 3. The molecule has 0 bridgehead atoms. The minimum absolute atomic E-state index is 0.0432. The lowest BCUT2D eigenvalue weighted by atomic mass is 9.98. The van der Waals surface area contributed by atoms with Gasteiger partial charge in [-0.15, -0.1) is 0 Å². The van der Waals surface area contributed by atoms with E-state index in [1.54, 1.807) is 12.1 Å². The van der Waals surface area contributed by atoms with Gasteiger partial charge in [0.25, 0.3) is 11.6 Å². The van der Waals surface area contributed by atoms with Crippen LogP contribution in [0.2, 0.25) is 0 Å². The van der Waals surface area contributed by atoms with Crippen LogP contribution < -0.4 is 10.6 Å². The van der Waals surface area contributed by atoms with Crippen LogP contribution >= 0.6 is 0 Å². The molecule has 3 aromatic carbocycles. The van der Waals surface area contributed by atoms with E-state index in [4.69, 9.17) is 0 Å². The number of nitro groups is 1. The summed E-state index contributed by atoms with van der Waals surface area (Å²) in [5.74, 6) is -0.289. The van der Waals surface area contributed by atoms with E-state index in [9.17, 15) is 14.9 Å². The van der Waals surface area contributed by atoms with E-state index in [1.165, 1.54) is 17.7 Å². The number of quaternary nitrogens is 1. The Bertz CT molecular complexity index is 956. The second kappa shape index (κ2) is 8.92. The Balaban J connectivity index is 1.74. The van der Waals surface area contributed by atoms with Crippen LogP contribution in [0.25, 0.3) is 0 Å². The summed E-state index contributed by atoms with van der Waals surface area (Å²) in [6, 6.07) is 24.3. The molecule has 3 rings (SSSR count). The standard InChI is InChI=1S/C22H21N3O3/c1-16-11-13-18(14-12-16)22(17-7-3-2-4-8-17)23-15-21(26)24-19-9-5-6-10-20(19)25(27)28/h2-14,22-23H,15H2,1H3,(H,24,26)/p+1/t22-/m0/s1. The van der Waals surface area contributed by atoms with Crippen molar-refractivity contribution in [2.24, 2.45) is 0 Å². The number of nitrogens with two attached hydrogens (primary N) is 1. The molecule has 0 fully saturated rings. The molecular weight excluding hydrogens is 354 g/mol. The number of amides is 1. The number of benzene rings is 3. The fourth-order valence-corrected chi connectivity index (χ4v) is 3.06. The molecule has 0 aliphatic rings. The van der Waals surface area contributed by atoms with Crippen LogP contribution in [0.1, 0.15) is 22.7 Å². The number of rotatable bonds is 7. The Morgan fingerprint density at radius 1 is 0.964 bits per heavy atom. The summed E-state index contributed by atoms with van der Waals surface area (Å²) in [7, 11) is 0. The SMILES string of the molecule is Cc1ccc([C@@H]([NH2+]CC(=O)Nc2ccccc2[N+](=O)[O-])c2ccccc2)cc1. The molecule has 142 valence electrons. The van der Waals surface area contributed by atoms with Gasteiger partial charge in [0.15, 0.2) is 6.54 Å². The highest BCUT2D eigenvalue weighted by molar-refractivity contribution is 5.93. The monoisotopic (exact) mass is 376 g/mol. The number of para-hydroxylation sites is 2. The van der Waals surface area contributed by atoms with E-state index in [0.717, 1.165) is 11.1 Å². The van der Waals surface area contributed by atoms with Gasteiger partial charge in [0, 0.05) is 17.2 Å². The quantitative estimate of drug-likeness (QED) is 0.490. The number of carbonyl (C=O) groups is 1. The molecule has 0 unspecified atom stereocenters. The van der Waals surface area contributed by atoms with Crippen LogP contribution in [-0.2, 0) is 4.79 Å². The maximum absolute atomic E-state index is 12.4. The Labute approximate surface area is 163 Å². The number of aryl methyl sites for hydroxylation is 1. The van der Waals surface area contributed by atoms with Gasteiger partial charge < -0.3 is 10.6 Å². The van der Waals surface area contributed by atoms with Gasteiger partial charge in [0.2, 0.25) is 0 Å². The first-order chi connectivity index (χ1) is 13.5. The molecule has 0 radical (unpaired) electrons. The molecule has 3 aromatic rings. The number of hydrogen-bond donors (Lipinski definition) is 2. The second-order valence-corrected chi connectivity index (χ2v) is 6.56. The minimum Gasteiger partial charge on any atom is -0.328 e. The molecule has 0 aromatic heterocycles. The zero-order valence-corrected chi connectivity index (χ0v) is 15.5. The summed E-state index contributed by atoms with van der Waals surface area (Å²) >= 11 is 0. The predicted octanol–water partition coefficient (Wildman–Crippen LogP) is 3.19. The normalized spacial score (nSPS) is 11.6. The lowest BCUT2D eigenvalue weighted by molar-refractivity contribution is -0.676. The Morgan fingerprint density at radius 3 is 2.25 bits per heavy atom. The molecule has 0 saturated heterocycles. The first-order valence-electron chi connectivity index (χ1n) is 9.02. The molecule has 6 nitrogen and oxygen atoms in total. The smallest absolute Gasteiger partial charge is 0.292 e. The predicted molar refractivity (Wildman–Crippen MR) is 108 cm³/mol. The van der Waals surface area contributed by atoms with Gasteiger partial charge in [-0.25, -0.2) is 0 Å². The summed E-state index contributed by atoms with van der Waals surface area (Å²) in [5.41, 5.74) is 3.44. The van der Waals surface area contributed by atoms with Crippen molar-refractivity contribution in [1.29, 1.82) is 0 Å². The highest BCUT2D eigenvalue weighted by Crippen LogP contribution is 2.23. The second-order valence-electron chi connectivity index (χ2n) is 6.56. The van der Waals surface area contributed by atoms with Gasteiger partial charge in [-0.05, 0) is 13.0 Å². The lowest BCUT2D eigenvalue weighted by Gasteiger charge is -2.17. The third-order valence-corrected chi connectivity index (χ3v) is 4.51. The first-order valence-corrected chi connectivity index (χ1v) is 9.02. The van der Waals surface area contributed by atoms with Gasteiger partial charge in [0.1, 0.15) is 11.7 Å². The van der Waals surface area contributed by atoms with E-state index < -0.39 is 4.92 Å². The number of carbonyl (C=O) groups excluding carboxylic acids is 1. The molecule has 0 saturated carbocycles. The largest absolute Gasteiger partial charge is 0.328 e. The van der Waals surface area contributed by atoms with Crippen molar-refractivity contribution in [3.8, 4) is 0 Å². The van der Waals surface area contributed by atoms with Gasteiger partial charge in [-0.3, -0.25) is 14.9 Å². The van der Waals surface area contributed by atoms with Crippen LogP contribution in [0.15, 0.2) is 78.9 Å². The Morgan fingerprint density at radius 2 is 1.57 bits per heavy atom. The molecule has 0 aliphatic carbocycles.